The van der Waals surface area contributed by atoms with Crippen molar-refractivity contribution in [1.82, 2.24) is 9.55 Å². The third-order valence-corrected chi connectivity index (χ3v) is 4.07. The molecule has 3 nitrogen and oxygen atoms in total. The second kappa shape index (κ2) is 4.67. The molecule has 0 aliphatic carbocycles. The van der Waals surface area contributed by atoms with E-state index in [-0.39, 0.29) is 0 Å². The van der Waals surface area contributed by atoms with E-state index >= 15 is 0 Å². The number of benzene rings is 2. The molecule has 2 aromatic carbocycles. The lowest BCUT2D eigenvalue weighted by Gasteiger charge is -2.04. The molecule has 0 saturated heterocycles. The number of imidazole rings is 1. The molecule has 0 spiro atoms. The van der Waals surface area contributed by atoms with E-state index in [0.717, 1.165) is 22.4 Å². The molecule has 92 valence electrons. The number of hydrogen-bond donors (Lipinski definition) is 0. The van der Waals surface area contributed by atoms with E-state index in [1.807, 2.05) is 35.9 Å². The number of nitriles is 1. The minimum Gasteiger partial charge on any atom is -0.327 e. The van der Waals surface area contributed by atoms with E-state index < -0.39 is 0 Å². The number of nitrogens with zero attached hydrogens (tertiary/aromatic N) is 3. The van der Waals surface area contributed by atoms with Crippen molar-refractivity contribution in [3.63, 3.8) is 0 Å². The van der Waals surface area contributed by atoms with Gasteiger partial charge in [-0.3, -0.25) is 0 Å². The maximum atomic E-state index is 8.98. The fraction of sp³-hybridized carbons (Fsp3) is 0.0667. The van der Waals surface area contributed by atoms with Gasteiger partial charge >= 0.3 is 0 Å². The first-order chi connectivity index (χ1) is 9.20. The summed E-state index contributed by atoms with van der Waals surface area (Å²) in [6.45, 7) is 0. The van der Waals surface area contributed by atoms with Gasteiger partial charge in [-0.05, 0) is 46.9 Å². The van der Waals surface area contributed by atoms with Crippen LogP contribution in [0.15, 0.2) is 42.5 Å². The van der Waals surface area contributed by atoms with E-state index in [1.165, 1.54) is 3.57 Å². The average Bonchev–Trinajstić information content (AvgIpc) is 2.76. The molecule has 1 heterocycles. The van der Waals surface area contributed by atoms with Crippen molar-refractivity contribution < 1.29 is 0 Å². The van der Waals surface area contributed by atoms with E-state index in [2.05, 4.69) is 45.8 Å². The van der Waals surface area contributed by atoms with Gasteiger partial charge in [0.05, 0.1) is 22.7 Å². The van der Waals surface area contributed by atoms with Crippen molar-refractivity contribution in [2.24, 2.45) is 7.05 Å². The predicted octanol–water partition coefficient (Wildman–Crippen LogP) is 3.72. The maximum absolute atomic E-state index is 8.98. The molecule has 0 fully saturated rings. The standard InChI is InChI=1S/C15H10IN3/c1-19-14-8-10(9-17)6-7-13(14)18-15(19)11-4-2-3-5-12(11)16/h2-8H,1H3. The van der Waals surface area contributed by atoms with Crippen LogP contribution in [-0.2, 0) is 7.05 Å². The molecule has 3 aromatic rings. The van der Waals surface area contributed by atoms with Crippen molar-refractivity contribution >= 4 is 33.6 Å². The lowest BCUT2D eigenvalue weighted by Crippen LogP contribution is -1.94. The molecule has 0 aliphatic heterocycles. The lowest BCUT2D eigenvalue weighted by molar-refractivity contribution is 0.958. The van der Waals surface area contributed by atoms with Crippen molar-refractivity contribution in [3.05, 3.63) is 51.6 Å². The smallest absolute Gasteiger partial charge is 0.141 e. The van der Waals surface area contributed by atoms with Gasteiger partial charge in [-0.1, -0.05) is 18.2 Å². The Morgan fingerprint density at radius 2 is 2.00 bits per heavy atom. The molecule has 0 amide bonds. The van der Waals surface area contributed by atoms with Gasteiger partial charge in [0.1, 0.15) is 5.82 Å². The van der Waals surface area contributed by atoms with Crippen LogP contribution in [0.2, 0.25) is 0 Å². The Balaban J connectivity index is 2.30. The summed E-state index contributed by atoms with van der Waals surface area (Å²) in [5, 5.41) is 8.98. The average molecular weight is 359 g/mol. The van der Waals surface area contributed by atoms with Crippen molar-refractivity contribution in [1.29, 1.82) is 5.26 Å². The summed E-state index contributed by atoms with van der Waals surface area (Å²) in [5.74, 6) is 0.926. The summed E-state index contributed by atoms with van der Waals surface area (Å²) < 4.78 is 3.20. The summed E-state index contributed by atoms with van der Waals surface area (Å²) in [4.78, 5) is 4.67. The van der Waals surface area contributed by atoms with Crippen LogP contribution in [0, 0.1) is 14.9 Å². The number of rotatable bonds is 1. The maximum Gasteiger partial charge on any atom is 0.141 e. The van der Waals surface area contributed by atoms with Gasteiger partial charge < -0.3 is 4.57 Å². The quantitative estimate of drug-likeness (QED) is 0.622. The van der Waals surface area contributed by atoms with Gasteiger partial charge in [-0.25, -0.2) is 4.98 Å². The highest BCUT2D eigenvalue weighted by Gasteiger charge is 2.12. The minimum atomic E-state index is 0.657. The Bertz CT molecular complexity index is 812. The summed E-state index contributed by atoms with van der Waals surface area (Å²) in [7, 11) is 1.98. The molecule has 1 aromatic heterocycles. The first kappa shape index (κ1) is 12.2. The van der Waals surface area contributed by atoms with Gasteiger partial charge in [0.2, 0.25) is 0 Å². The number of halogens is 1. The number of fused-ring (bicyclic) bond motifs is 1. The van der Waals surface area contributed by atoms with Crippen molar-refractivity contribution in [2.45, 2.75) is 0 Å². The monoisotopic (exact) mass is 359 g/mol. The number of aryl methyl sites for hydroxylation is 1. The van der Waals surface area contributed by atoms with Crippen LogP contribution < -0.4 is 0 Å². The zero-order chi connectivity index (χ0) is 13.4. The first-order valence-electron chi connectivity index (χ1n) is 5.82. The van der Waals surface area contributed by atoms with Crippen LogP contribution in [0.1, 0.15) is 5.56 Å². The SMILES string of the molecule is Cn1c(-c2ccccc2I)nc2ccc(C#N)cc21. The van der Waals surface area contributed by atoms with Crippen molar-refractivity contribution in [2.75, 3.05) is 0 Å². The second-order valence-electron chi connectivity index (χ2n) is 4.29. The molecule has 0 unspecified atom stereocenters. The number of hydrogen-bond acceptors (Lipinski definition) is 2. The molecule has 0 saturated carbocycles. The summed E-state index contributed by atoms with van der Waals surface area (Å²) in [6, 6.07) is 15.9. The number of aromatic nitrogens is 2. The van der Waals surface area contributed by atoms with E-state index in [1.54, 1.807) is 6.07 Å². The van der Waals surface area contributed by atoms with E-state index in [9.17, 15) is 0 Å². The Morgan fingerprint density at radius 1 is 1.21 bits per heavy atom. The van der Waals surface area contributed by atoms with Crippen LogP contribution in [0.5, 0.6) is 0 Å². The summed E-state index contributed by atoms with van der Waals surface area (Å²) in [6.07, 6.45) is 0. The topological polar surface area (TPSA) is 41.6 Å². The molecule has 0 N–H and O–H groups in total. The van der Waals surface area contributed by atoms with Crippen LogP contribution in [-0.4, -0.2) is 9.55 Å². The molecule has 0 radical (unpaired) electrons. The van der Waals surface area contributed by atoms with E-state index in [0.29, 0.717) is 5.56 Å². The van der Waals surface area contributed by atoms with E-state index in [4.69, 9.17) is 5.26 Å². The van der Waals surface area contributed by atoms with Crippen LogP contribution in [0.3, 0.4) is 0 Å². The molecular weight excluding hydrogens is 349 g/mol. The Labute approximate surface area is 124 Å². The highest BCUT2D eigenvalue weighted by Crippen LogP contribution is 2.27. The zero-order valence-electron chi connectivity index (χ0n) is 10.3. The van der Waals surface area contributed by atoms with Gasteiger partial charge in [-0.2, -0.15) is 5.26 Å². The highest BCUT2D eigenvalue weighted by molar-refractivity contribution is 14.1. The molecule has 3 rings (SSSR count). The Kier molecular flexibility index (Phi) is 2.99. The fourth-order valence-electron chi connectivity index (χ4n) is 2.14. The predicted molar refractivity (Wildman–Crippen MR) is 83.6 cm³/mol. The lowest BCUT2D eigenvalue weighted by atomic mass is 10.2. The van der Waals surface area contributed by atoms with Gasteiger partial charge in [0, 0.05) is 16.2 Å². The van der Waals surface area contributed by atoms with Gasteiger partial charge in [0.15, 0.2) is 0 Å². The van der Waals surface area contributed by atoms with Crippen LogP contribution in [0.4, 0.5) is 0 Å². The van der Waals surface area contributed by atoms with Gasteiger partial charge in [0.25, 0.3) is 0 Å². The first-order valence-corrected chi connectivity index (χ1v) is 6.90. The fourth-order valence-corrected chi connectivity index (χ4v) is 2.77. The summed E-state index contributed by atoms with van der Waals surface area (Å²) in [5.41, 5.74) is 3.66. The highest BCUT2D eigenvalue weighted by atomic mass is 127. The van der Waals surface area contributed by atoms with Crippen LogP contribution in [0.25, 0.3) is 22.4 Å². The van der Waals surface area contributed by atoms with Crippen molar-refractivity contribution in [3.8, 4) is 17.5 Å². The third kappa shape index (κ3) is 2.00. The third-order valence-electron chi connectivity index (χ3n) is 3.12. The normalized spacial score (nSPS) is 10.6. The molecular formula is C15H10IN3. The minimum absolute atomic E-state index is 0.657. The second-order valence-corrected chi connectivity index (χ2v) is 5.45. The molecule has 4 heteroatoms. The van der Waals surface area contributed by atoms with Gasteiger partial charge in [-0.15, -0.1) is 0 Å². The van der Waals surface area contributed by atoms with Crippen LogP contribution >= 0.6 is 22.6 Å². The Hall–Kier alpha value is -1.87. The largest absolute Gasteiger partial charge is 0.327 e. The summed E-state index contributed by atoms with van der Waals surface area (Å²) >= 11 is 2.31. The molecule has 0 atom stereocenters. The zero-order valence-corrected chi connectivity index (χ0v) is 12.4. The molecule has 0 aliphatic rings. The molecule has 19 heavy (non-hydrogen) atoms. The Morgan fingerprint density at radius 3 is 2.74 bits per heavy atom. The molecule has 0 bridgehead atoms.